The number of rotatable bonds is 9. The quantitative estimate of drug-likeness (QED) is 0.342. The highest BCUT2D eigenvalue weighted by atomic mass is 127. The van der Waals surface area contributed by atoms with Gasteiger partial charge in [0, 0.05) is 29.9 Å². The van der Waals surface area contributed by atoms with Crippen LogP contribution >= 0.6 is 35.3 Å². The van der Waals surface area contributed by atoms with E-state index in [4.69, 9.17) is 4.99 Å². The number of likely N-dealkylation sites (N-methyl/N-ethyl adjacent to an activating group) is 1. The number of thiophene rings is 1. The summed E-state index contributed by atoms with van der Waals surface area (Å²) in [4.78, 5) is 8.57. The van der Waals surface area contributed by atoms with Crippen molar-refractivity contribution in [2.45, 2.75) is 40.0 Å². The number of guanidine groups is 1. The Hall–Kier alpha value is -0.340. The Morgan fingerprint density at radius 2 is 1.91 bits per heavy atom. The first-order valence-corrected chi connectivity index (χ1v) is 9.20. The van der Waals surface area contributed by atoms with Gasteiger partial charge in [0.15, 0.2) is 5.96 Å². The minimum Gasteiger partial charge on any atom is -0.357 e. The Labute approximate surface area is 163 Å². The Kier molecular flexibility index (Phi) is 11.9. The molecular weight excluding hydrogens is 419 g/mol. The highest BCUT2D eigenvalue weighted by Gasteiger charge is 2.21. The van der Waals surface area contributed by atoms with Crippen LogP contribution in [0.4, 0.5) is 0 Å². The maximum Gasteiger partial charge on any atom is 0.191 e. The molecule has 1 rings (SSSR count). The van der Waals surface area contributed by atoms with Gasteiger partial charge in [-0.15, -0.1) is 35.3 Å². The molecule has 0 spiro atoms. The van der Waals surface area contributed by atoms with E-state index in [1.807, 2.05) is 0 Å². The van der Waals surface area contributed by atoms with Gasteiger partial charge in [-0.05, 0) is 31.5 Å². The number of hydrogen-bond donors (Lipinski definition) is 2. The minimum absolute atomic E-state index is 0. The number of hydrogen-bond acceptors (Lipinski definition) is 3. The van der Waals surface area contributed by atoms with Crippen molar-refractivity contribution in [3.05, 3.63) is 22.4 Å². The summed E-state index contributed by atoms with van der Waals surface area (Å²) in [7, 11) is 0. The molecule has 0 unspecified atom stereocenters. The first-order valence-electron chi connectivity index (χ1n) is 8.32. The lowest BCUT2D eigenvalue weighted by atomic mass is 9.92. The fourth-order valence-corrected chi connectivity index (χ4v) is 3.08. The second-order valence-corrected chi connectivity index (χ2v) is 6.96. The zero-order valence-electron chi connectivity index (χ0n) is 15.2. The first-order chi connectivity index (χ1) is 10.5. The number of halogens is 1. The van der Waals surface area contributed by atoms with Gasteiger partial charge >= 0.3 is 0 Å². The number of aliphatic imine (C=N–C) groups is 1. The first kappa shape index (κ1) is 22.7. The molecule has 0 aliphatic rings. The van der Waals surface area contributed by atoms with E-state index in [0.717, 1.165) is 45.2 Å². The maximum absolute atomic E-state index is 4.77. The molecule has 2 N–H and O–H groups in total. The molecule has 0 aromatic carbocycles. The third-order valence-electron chi connectivity index (χ3n) is 3.78. The normalized spacial score (nSPS) is 12.2. The smallest absolute Gasteiger partial charge is 0.191 e. The van der Waals surface area contributed by atoms with Crippen LogP contribution in [0.15, 0.2) is 22.5 Å². The van der Waals surface area contributed by atoms with Gasteiger partial charge in [-0.2, -0.15) is 0 Å². The maximum atomic E-state index is 4.77. The molecule has 1 heterocycles. The third-order valence-corrected chi connectivity index (χ3v) is 5.02. The molecule has 0 amide bonds. The molecule has 6 heteroatoms. The average Bonchev–Trinajstić information content (AvgIpc) is 3.04. The molecule has 0 fully saturated rings. The molecule has 134 valence electrons. The van der Waals surface area contributed by atoms with Gasteiger partial charge in [0.2, 0.25) is 0 Å². The molecule has 0 aliphatic carbocycles. The van der Waals surface area contributed by atoms with Crippen LogP contribution in [0.5, 0.6) is 0 Å². The van der Waals surface area contributed by atoms with E-state index >= 15 is 0 Å². The lowest BCUT2D eigenvalue weighted by Crippen LogP contribution is -2.42. The molecular formula is C17H33IN4S. The predicted molar refractivity (Wildman–Crippen MR) is 115 cm³/mol. The Bertz CT molecular complexity index is 428. The van der Waals surface area contributed by atoms with E-state index < -0.39 is 0 Å². The van der Waals surface area contributed by atoms with Gasteiger partial charge < -0.3 is 15.5 Å². The highest BCUT2D eigenvalue weighted by Crippen LogP contribution is 2.27. The van der Waals surface area contributed by atoms with E-state index in [1.165, 1.54) is 4.88 Å². The van der Waals surface area contributed by atoms with E-state index in [1.54, 1.807) is 11.3 Å². The number of nitrogens with zero attached hydrogens (tertiary/aromatic N) is 2. The minimum atomic E-state index is 0. The summed E-state index contributed by atoms with van der Waals surface area (Å²) < 4.78 is 0. The van der Waals surface area contributed by atoms with Gasteiger partial charge in [-0.25, -0.2) is 0 Å². The van der Waals surface area contributed by atoms with Crippen molar-refractivity contribution in [2.75, 3.05) is 39.3 Å². The van der Waals surface area contributed by atoms with Crippen LogP contribution in [0.1, 0.15) is 39.5 Å². The summed E-state index contributed by atoms with van der Waals surface area (Å²) in [5.74, 6) is 0.916. The summed E-state index contributed by atoms with van der Waals surface area (Å²) in [5.41, 5.74) is 0.0788. The Morgan fingerprint density at radius 1 is 1.22 bits per heavy atom. The Morgan fingerprint density at radius 3 is 2.43 bits per heavy atom. The standard InChI is InChI=1S/C17H32N4S.HI/c1-6-18-16(19-11-12-21(7-2)8-3)20-14-17(4,5)15-10-9-13-22-15;/h9-10,13H,6-8,11-12,14H2,1-5H3,(H2,18,19,20);1H. The van der Waals surface area contributed by atoms with Gasteiger partial charge in [-0.1, -0.05) is 33.8 Å². The summed E-state index contributed by atoms with van der Waals surface area (Å²) in [5, 5.41) is 8.91. The molecule has 23 heavy (non-hydrogen) atoms. The summed E-state index contributed by atoms with van der Waals surface area (Å²) in [6.45, 7) is 16.8. The largest absolute Gasteiger partial charge is 0.357 e. The molecule has 0 aliphatic heterocycles. The fourth-order valence-electron chi connectivity index (χ4n) is 2.23. The summed E-state index contributed by atoms with van der Waals surface area (Å²) in [6.07, 6.45) is 0. The summed E-state index contributed by atoms with van der Waals surface area (Å²) >= 11 is 1.81. The van der Waals surface area contributed by atoms with Crippen molar-refractivity contribution >= 4 is 41.3 Å². The van der Waals surface area contributed by atoms with Gasteiger partial charge in [0.25, 0.3) is 0 Å². The molecule has 1 aromatic rings. The van der Waals surface area contributed by atoms with Crippen LogP contribution in [-0.4, -0.2) is 50.1 Å². The molecule has 0 radical (unpaired) electrons. The molecule has 0 atom stereocenters. The van der Waals surface area contributed by atoms with Crippen LogP contribution in [0.2, 0.25) is 0 Å². The molecule has 0 bridgehead atoms. The Balaban J connectivity index is 0.00000484. The molecule has 1 aromatic heterocycles. The van der Waals surface area contributed by atoms with Crippen LogP contribution in [0.3, 0.4) is 0 Å². The second kappa shape index (κ2) is 12.1. The van der Waals surface area contributed by atoms with E-state index in [0.29, 0.717) is 0 Å². The monoisotopic (exact) mass is 452 g/mol. The second-order valence-electron chi connectivity index (χ2n) is 6.01. The zero-order valence-corrected chi connectivity index (χ0v) is 18.3. The predicted octanol–water partition coefficient (Wildman–Crippen LogP) is 3.54. The molecule has 0 saturated carbocycles. The lowest BCUT2D eigenvalue weighted by molar-refractivity contribution is 0.308. The van der Waals surface area contributed by atoms with Crippen LogP contribution < -0.4 is 10.6 Å². The fraction of sp³-hybridized carbons (Fsp3) is 0.706. The topological polar surface area (TPSA) is 39.7 Å². The third kappa shape index (κ3) is 8.35. The van der Waals surface area contributed by atoms with Crippen LogP contribution in [-0.2, 0) is 5.41 Å². The number of nitrogens with one attached hydrogen (secondary N) is 2. The lowest BCUT2D eigenvalue weighted by Gasteiger charge is -2.22. The van der Waals surface area contributed by atoms with Crippen molar-refractivity contribution in [2.24, 2.45) is 4.99 Å². The van der Waals surface area contributed by atoms with Crippen molar-refractivity contribution in [3.63, 3.8) is 0 Å². The SMILES string of the molecule is CCNC(=NCC(C)(C)c1cccs1)NCCN(CC)CC.I. The zero-order chi connectivity index (χ0) is 16.4. The van der Waals surface area contributed by atoms with Crippen molar-refractivity contribution in [1.82, 2.24) is 15.5 Å². The van der Waals surface area contributed by atoms with Crippen molar-refractivity contribution in [3.8, 4) is 0 Å². The van der Waals surface area contributed by atoms with Crippen molar-refractivity contribution < 1.29 is 0 Å². The van der Waals surface area contributed by atoms with E-state index in [2.05, 4.69) is 67.7 Å². The average molecular weight is 452 g/mol. The van der Waals surface area contributed by atoms with Crippen molar-refractivity contribution in [1.29, 1.82) is 0 Å². The van der Waals surface area contributed by atoms with Gasteiger partial charge in [0.1, 0.15) is 0 Å². The van der Waals surface area contributed by atoms with Crippen LogP contribution in [0, 0.1) is 0 Å². The highest BCUT2D eigenvalue weighted by molar-refractivity contribution is 14.0. The van der Waals surface area contributed by atoms with Crippen LogP contribution in [0.25, 0.3) is 0 Å². The van der Waals surface area contributed by atoms with Gasteiger partial charge in [0.05, 0.1) is 6.54 Å². The molecule has 0 saturated heterocycles. The van der Waals surface area contributed by atoms with E-state index in [-0.39, 0.29) is 29.4 Å². The van der Waals surface area contributed by atoms with E-state index in [9.17, 15) is 0 Å². The van der Waals surface area contributed by atoms with Gasteiger partial charge in [-0.3, -0.25) is 4.99 Å². The molecule has 4 nitrogen and oxygen atoms in total. The summed E-state index contributed by atoms with van der Waals surface area (Å²) in [6, 6.07) is 4.31.